The Bertz CT molecular complexity index is 1010. The van der Waals surface area contributed by atoms with Crippen molar-refractivity contribution in [3.63, 3.8) is 0 Å². The van der Waals surface area contributed by atoms with Crippen LogP contribution in [0.25, 0.3) is 0 Å². The zero-order chi connectivity index (χ0) is 24.9. The third-order valence-electron chi connectivity index (χ3n) is 6.34. The van der Waals surface area contributed by atoms with Gasteiger partial charge in [0.05, 0.1) is 33.5 Å². The Morgan fingerprint density at radius 3 is 2.38 bits per heavy atom. The summed E-state index contributed by atoms with van der Waals surface area (Å²) in [6.45, 7) is 5.02. The van der Waals surface area contributed by atoms with Gasteiger partial charge in [-0.15, -0.1) is 0 Å². The fraction of sp³-hybridized carbons (Fsp3) is 0.444. The number of esters is 1. The molecule has 1 aliphatic rings. The molecule has 0 aromatic heterocycles. The van der Waals surface area contributed by atoms with Crippen LogP contribution in [0.4, 0.5) is 8.78 Å². The molecule has 0 bridgehead atoms. The molecule has 7 heteroatoms. The van der Waals surface area contributed by atoms with E-state index >= 15 is 0 Å². The number of methoxy groups -OCH3 is 2. The Balaban J connectivity index is 1.84. The summed E-state index contributed by atoms with van der Waals surface area (Å²) in [5.41, 5.74) is 2.34. The Morgan fingerprint density at radius 2 is 1.79 bits per heavy atom. The minimum absolute atomic E-state index is 0.0190. The van der Waals surface area contributed by atoms with Crippen molar-refractivity contribution >= 4 is 5.97 Å². The zero-order valence-corrected chi connectivity index (χ0v) is 20.3. The van der Waals surface area contributed by atoms with Crippen LogP contribution in [-0.2, 0) is 26.6 Å². The number of allylic oxidation sites excluding steroid dienone is 1. The number of ether oxygens (including phenoxy) is 4. The monoisotopic (exact) mass is 474 g/mol. The van der Waals surface area contributed by atoms with Crippen LogP contribution < -0.4 is 9.47 Å². The van der Waals surface area contributed by atoms with Crippen molar-refractivity contribution in [2.45, 2.75) is 39.2 Å². The maximum atomic E-state index is 13.6. The molecule has 1 heterocycles. The number of rotatable bonds is 9. The van der Waals surface area contributed by atoms with E-state index < -0.39 is 5.92 Å². The summed E-state index contributed by atoms with van der Waals surface area (Å²) in [5, 5.41) is 0. The largest absolute Gasteiger partial charge is 0.493 e. The van der Waals surface area contributed by atoms with Crippen molar-refractivity contribution in [2.24, 2.45) is 11.8 Å². The first-order chi connectivity index (χ1) is 16.2. The summed E-state index contributed by atoms with van der Waals surface area (Å²) in [6, 6.07) is 12.0. The average molecular weight is 475 g/mol. The van der Waals surface area contributed by atoms with Gasteiger partial charge in [-0.1, -0.05) is 36.4 Å². The van der Waals surface area contributed by atoms with E-state index in [0.29, 0.717) is 30.1 Å². The molecule has 0 unspecified atom stereocenters. The van der Waals surface area contributed by atoms with Gasteiger partial charge in [0.1, 0.15) is 0 Å². The molecule has 0 N–H and O–H groups in total. The van der Waals surface area contributed by atoms with Crippen molar-refractivity contribution in [3.05, 3.63) is 70.8 Å². The second-order valence-corrected chi connectivity index (χ2v) is 8.65. The molecule has 1 saturated heterocycles. The lowest BCUT2D eigenvalue weighted by Gasteiger charge is -2.24. The van der Waals surface area contributed by atoms with E-state index in [1.807, 2.05) is 18.2 Å². The van der Waals surface area contributed by atoms with Gasteiger partial charge in [-0.25, -0.2) is 13.6 Å². The van der Waals surface area contributed by atoms with Crippen LogP contribution in [0.2, 0.25) is 0 Å². The van der Waals surface area contributed by atoms with Crippen molar-refractivity contribution < 1.29 is 32.5 Å². The molecule has 3 rings (SSSR count). The van der Waals surface area contributed by atoms with Crippen molar-refractivity contribution in [3.8, 4) is 11.5 Å². The van der Waals surface area contributed by atoms with Crippen molar-refractivity contribution in [1.82, 2.24) is 0 Å². The van der Waals surface area contributed by atoms with Crippen LogP contribution in [0.15, 0.2) is 54.1 Å². The quantitative estimate of drug-likeness (QED) is 0.336. The number of benzene rings is 2. The van der Waals surface area contributed by atoms with E-state index in [2.05, 4.69) is 0 Å². The van der Waals surface area contributed by atoms with Gasteiger partial charge in [-0.3, -0.25) is 0 Å². The molecule has 1 fully saturated rings. The molecule has 0 amide bonds. The second kappa shape index (κ2) is 11.0. The van der Waals surface area contributed by atoms with Crippen LogP contribution in [0, 0.1) is 11.8 Å². The number of carbonyl (C=O) groups is 1. The van der Waals surface area contributed by atoms with Crippen molar-refractivity contribution in [2.75, 3.05) is 27.4 Å². The molecule has 5 nitrogen and oxygen atoms in total. The highest BCUT2D eigenvalue weighted by atomic mass is 19.3. The zero-order valence-electron chi connectivity index (χ0n) is 20.3. The van der Waals surface area contributed by atoms with Gasteiger partial charge in [0.2, 0.25) is 0 Å². The molecule has 0 spiro atoms. The van der Waals surface area contributed by atoms with Gasteiger partial charge < -0.3 is 18.9 Å². The van der Waals surface area contributed by atoms with E-state index in [1.165, 1.54) is 12.1 Å². The minimum atomic E-state index is -2.88. The van der Waals surface area contributed by atoms with Gasteiger partial charge in [0.15, 0.2) is 11.5 Å². The predicted octanol–water partition coefficient (Wildman–Crippen LogP) is 5.87. The first kappa shape index (κ1) is 25.7. The number of carbonyl (C=O) groups excluding carboxylic acids is 1. The Morgan fingerprint density at radius 1 is 1.12 bits per heavy atom. The predicted molar refractivity (Wildman–Crippen MR) is 125 cm³/mol. The minimum Gasteiger partial charge on any atom is -0.493 e. The number of halogens is 2. The lowest BCUT2D eigenvalue weighted by molar-refractivity contribution is -0.141. The van der Waals surface area contributed by atoms with Gasteiger partial charge in [0.25, 0.3) is 5.92 Å². The van der Waals surface area contributed by atoms with Crippen molar-refractivity contribution in [1.29, 1.82) is 0 Å². The summed E-state index contributed by atoms with van der Waals surface area (Å²) in [5.74, 6) is -2.14. The third kappa shape index (κ3) is 5.95. The standard InChI is InChI=1S/C27H32F2O5/c1-6-17(2)26(30)34-16-22-20(13-18-7-10-21(11-8-18)27(3,28)29)15-33-25(22)19-9-12-23(31-4)24(14-19)32-5/h6-12,14,20,22,25H,13,15-16H2,1-5H3/b17-6-/t20-,22-,25+/m0/s1. The van der Waals surface area contributed by atoms with Crippen LogP contribution >= 0.6 is 0 Å². The third-order valence-corrected chi connectivity index (χ3v) is 6.34. The van der Waals surface area contributed by atoms with Crippen LogP contribution in [-0.4, -0.2) is 33.4 Å². The van der Waals surface area contributed by atoms with Gasteiger partial charge in [-0.2, -0.15) is 0 Å². The highest BCUT2D eigenvalue weighted by molar-refractivity contribution is 5.87. The van der Waals surface area contributed by atoms with Gasteiger partial charge in [-0.05, 0) is 49.4 Å². The fourth-order valence-electron chi connectivity index (χ4n) is 4.17. The first-order valence-electron chi connectivity index (χ1n) is 11.3. The molecular formula is C27H32F2O5. The molecular weight excluding hydrogens is 442 g/mol. The summed E-state index contributed by atoms with van der Waals surface area (Å²) in [7, 11) is 3.15. The average Bonchev–Trinajstić information content (AvgIpc) is 3.23. The van der Waals surface area contributed by atoms with E-state index in [4.69, 9.17) is 18.9 Å². The van der Waals surface area contributed by atoms with Crippen LogP contribution in [0.1, 0.15) is 43.6 Å². The molecule has 0 saturated carbocycles. The molecule has 34 heavy (non-hydrogen) atoms. The highest BCUT2D eigenvalue weighted by Crippen LogP contribution is 2.42. The first-order valence-corrected chi connectivity index (χ1v) is 11.3. The van der Waals surface area contributed by atoms with E-state index in [-0.39, 0.29) is 36.1 Å². The summed E-state index contributed by atoms with van der Waals surface area (Å²) in [6.07, 6.45) is 2.01. The molecule has 0 aliphatic carbocycles. The van der Waals surface area contributed by atoms with Crippen LogP contribution in [0.3, 0.4) is 0 Å². The smallest absolute Gasteiger partial charge is 0.333 e. The SMILES string of the molecule is C/C=C(/C)C(=O)OC[C@H]1[C@@H](Cc2ccc(C(C)(F)F)cc2)CO[C@@H]1c1ccc(OC)c(OC)c1. The lowest BCUT2D eigenvalue weighted by Crippen LogP contribution is -2.24. The Labute approximate surface area is 199 Å². The number of hydrogen-bond acceptors (Lipinski definition) is 5. The maximum Gasteiger partial charge on any atom is 0.333 e. The second-order valence-electron chi connectivity index (χ2n) is 8.65. The topological polar surface area (TPSA) is 54.0 Å². The van der Waals surface area contributed by atoms with Crippen LogP contribution in [0.5, 0.6) is 11.5 Å². The molecule has 2 aromatic carbocycles. The molecule has 0 radical (unpaired) electrons. The molecule has 1 aliphatic heterocycles. The maximum absolute atomic E-state index is 13.6. The van der Waals surface area contributed by atoms with E-state index in [9.17, 15) is 13.6 Å². The van der Waals surface area contributed by atoms with E-state index in [1.54, 1.807) is 46.3 Å². The number of alkyl halides is 2. The highest BCUT2D eigenvalue weighted by Gasteiger charge is 2.39. The molecule has 3 atom stereocenters. The summed E-state index contributed by atoms with van der Waals surface area (Å²) in [4.78, 5) is 12.3. The van der Waals surface area contributed by atoms with Gasteiger partial charge >= 0.3 is 5.97 Å². The number of hydrogen-bond donors (Lipinski definition) is 0. The summed E-state index contributed by atoms with van der Waals surface area (Å²) < 4.78 is 49.8. The van der Waals surface area contributed by atoms with Gasteiger partial charge in [0, 0.05) is 24.0 Å². The molecule has 2 aromatic rings. The Hall–Kier alpha value is -2.93. The fourth-order valence-corrected chi connectivity index (χ4v) is 4.17. The normalized spacial score (nSPS) is 20.8. The van der Waals surface area contributed by atoms with E-state index in [0.717, 1.165) is 18.1 Å². The lowest BCUT2D eigenvalue weighted by atomic mass is 9.84. The summed E-state index contributed by atoms with van der Waals surface area (Å²) >= 11 is 0. The molecule has 184 valence electrons. The Kier molecular flexibility index (Phi) is 8.31.